The first-order valence-electron chi connectivity index (χ1n) is 9.27. The summed E-state index contributed by atoms with van der Waals surface area (Å²) in [5.41, 5.74) is 2.92. The van der Waals surface area contributed by atoms with Gasteiger partial charge in [-0.2, -0.15) is 11.8 Å². The average Bonchev–Trinajstić information content (AvgIpc) is 2.68. The molecule has 1 N–H and O–H groups in total. The van der Waals surface area contributed by atoms with Crippen molar-refractivity contribution >= 4 is 33.4 Å². The van der Waals surface area contributed by atoms with Crippen molar-refractivity contribution in [3.05, 3.63) is 59.7 Å². The highest BCUT2D eigenvalue weighted by atomic mass is 32.2. The van der Waals surface area contributed by atoms with E-state index in [0.717, 1.165) is 22.1 Å². The highest BCUT2D eigenvalue weighted by molar-refractivity contribution is 7.98. The normalized spacial score (nSPS) is 12.3. The lowest BCUT2D eigenvalue weighted by Gasteiger charge is -2.28. The van der Waals surface area contributed by atoms with E-state index < -0.39 is 16.1 Å². The molecule has 1 amide bonds. The maximum Gasteiger partial charge on any atom is 0.243 e. The molecule has 8 heteroatoms. The predicted octanol–water partition coefficient (Wildman–Crippen LogP) is 3.21. The maximum absolute atomic E-state index is 12.6. The number of hydrogen-bond acceptors (Lipinski definition) is 5. The predicted molar refractivity (Wildman–Crippen MR) is 120 cm³/mol. The molecule has 0 fully saturated rings. The molecule has 2 aromatic rings. The topological polar surface area (TPSA) is 75.7 Å². The molecule has 0 radical (unpaired) electrons. The zero-order chi connectivity index (χ0) is 21.4. The summed E-state index contributed by atoms with van der Waals surface area (Å²) in [5, 5.41) is 2.84. The number of anilines is 1. The monoisotopic (exact) mass is 436 g/mol. The summed E-state index contributed by atoms with van der Waals surface area (Å²) in [6.07, 6.45) is 1.09. The van der Waals surface area contributed by atoms with E-state index in [1.807, 2.05) is 12.1 Å². The van der Waals surface area contributed by atoms with E-state index >= 15 is 0 Å². The Morgan fingerprint density at radius 1 is 1.21 bits per heavy atom. The first kappa shape index (κ1) is 23.1. The number of hydrogen-bond donors (Lipinski definition) is 1. The molecule has 1 atom stereocenters. The van der Waals surface area contributed by atoms with Gasteiger partial charge in [-0.05, 0) is 37.1 Å². The Bertz CT molecular complexity index is 932. The lowest BCUT2D eigenvalue weighted by Crippen LogP contribution is -2.48. The fourth-order valence-electron chi connectivity index (χ4n) is 2.90. The van der Waals surface area contributed by atoms with Gasteiger partial charge in [-0.15, -0.1) is 0 Å². The smallest absolute Gasteiger partial charge is 0.243 e. The SMILES string of the molecule is COc1cccc(N(C(C)C(=O)NCCSCc2ccccc2C)S(C)(=O)=O)c1. The molecule has 0 saturated carbocycles. The van der Waals surface area contributed by atoms with Crippen molar-refractivity contribution < 1.29 is 17.9 Å². The van der Waals surface area contributed by atoms with Crippen LogP contribution >= 0.6 is 11.8 Å². The van der Waals surface area contributed by atoms with Gasteiger partial charge in [0, 0.05) is 24.1 Å². The number of benzene rings is 2. The Kier molecular flexibility index (Phi) is 8.40. The van der Waals surface area contributed by atoms with Gasteiger partial charge in [-0.25, -0.2) is 8.42 Å². The Morgan fingerprint density at radius 2 is 1.93 bits per heavy atom. The van der Waals surface area contributed by atoms with Gasteiger partial charge in [-0.1, -0.05) is 30.3 Å². The molecule has 0 saturated heterocycles. The van der Waals surface area contributed by atoms with Crippen LogP contribution in [-0.4, -0.2) is 46.0 Å². The largest absolute Gasteiger partial charge is 0.497 e. The minimum atomic E-state index is -3.65. The van der Waals surface area contributed by atoms with Gasteiger partial charge < -0.3 is 10.1 Å². The number of rotatable bonds is 10. The van der Waals surface area contributed by atoms with E-state index in [9.17, 15) is 13.2 Å². The van der Waals surface area contributed by atoms with Crippen LogP contribution in [0.3, 0.4) is 0 Å². The number of methoxy groups -OCH3 is 1. The minimum Gasteiger partial charge on any atom is -0.497 e. The number of sulfonamides is 1. The Hall–Kier alpha value is -2.19. The second kappa shape index (κ2) is 10.5. The zero-order valence-corrected chi connectivity index (χ0v) is 18.8. The van der Waals surface area contributed by atoms with Crippen molar-refractivity contribution in [1.29, 1.82) is 0 Å². The molecule has 0 aromatic heterocycles. The Balaban J connectivity index is 1.94. The average molecular weight is 437 g/mol. The molecule has 1 unspecified atom stereocenters. The highest BCUT2D eigenvalue weighted by Gasteiger charge is 2.29. The van der Waals surface area contributed by atoms with E-state index in [2.05, 4.69) is 24.4 Å². The van der Waals surface area contributed by atoms with Crippen molar-refractivity contribution in [3.8, 4) is 5.75 Å². The van der Waals surface area contributed by atoms with Crippen LogP contribution in [0.5, 0.6) is 5.75 Å². The molecule has 29 heavy (non-hydrogen) atoms. The van der Waals surface area contributed by atoms with Crippen LogP contribution in [0.15, 0.2) is 48.5 Å². The molecular formula is C21H28N2O4S2. The first-order chi connectivity index (χ1) is 13.7. The zero-order valence-electron chi connectivity index (χ0n) is 17.2. The molecule has 0 spiro atoms. The van der Waals surface area contributed by atoms with Gasteiger partial charge >= 0.3 is 0 Å². The number of aryl methyl sites for hydroxylation is 1. The fourth-order valence-corrected chi connectivity index (χ4v) is 5.01. The van der Waals surface area contributed by atoms with Gasteiger partial charge in [0.15, 0.2) is 0 Å². The van der Waals surface area contributed by atoms with Gasteiger partial charge in [0.05, 0.1) is 19.1 Å². The third kappa shape index (κ3) is 6.68. The summed E-state index contributed by atoms with van der Waals surface area (Å²) in [5.74, 6) is 1.80. The molecule has 0 aliphatic rings. The Labute approximate surface area is 177 Å². The standard InChI is InChI=1S/C21H28N2O4S2/c1-16-8-5-6-9-18(16)15-28-13-12-22-21(24)17(2)23(29(4,25)26)19-10-7-11-20(14-19)27-3/h5-11,14,17H,12-13,15H2,1-4H3,(H,22,24). The van der Waals surface area contributed by atoms with Crippen LogP contribution in [-0.2, 0) is 20.6 Å². The summed E-state index contributed by atoms with van der Waals surface area (Å²) in [4.78, 5) is 12.6. The fraction of sp³-hybridized carbons (Fsp3) is 0.381. The van der Waals surface area contributed by atoms with Gasteiger partial charge in [-0.3, -0.25) is 9.10 Å². The number of amides is 1. The molecule has 158 valence electrons. The molecule has 0 aliphatic carbocycles. The van der Waals surface area contributed by atoms with Crippen LogP contribution in [0.2, 0.25) is 0 Å². The van der Waals surface area contributed by atoms with Crippen molar-refractivity contribution in [3.63, 3.8) is 0 Å². The maximum atomic E-state index is 12.6. The van der Waals surface area contributed by atoms with Crippen molar-refractivity contribution in [2.45, 2.75) is 25.6 Å². The van der Waals surface area contributed by atoms with Gasteiger partial charge in [0.1, 0.15) is 11.8 Å². The van der Waals surface area contributed by atoms with E-state index in [4.69, 9.17) is 4.74 Å². The summed E-state index contributed by atoms with van der Waals surface area (Å²) in [6, 6.07) is 14.0. The van der Waals surface area contributed by atoms with Crippen molar-refractivity contribution in [2.75, 3.05) is 30.0 Å². The van der Waals surface area contributed by atoms with Crippen LogP contribution in [0.1, 0.15) is 18.1 Å². The van der Waals surface area contributed by atoms with Crippen LogP contribution in [0, 0.1) is 6.92 Å². The van der Waals surface area contributed by atoms with Crippen LogP contribution in [0.25, 0.3) is 0 Å². The quantitative estimate of drug-likeness (QED) is 0.579. The summed E-state index contributed by atoms with van der Waals surface area (Å²) >= 11 is 1.73. The molecule has 0 bridgehead atoms. The molecule has 2 aromatic carbocycles. The molecule has 0 heterocycles. The third-order valence-electron chi connectivity index (χ3n) is 4.46. The third-order valence-corrected chi connectivity index (χ3v) is 6.71. The van der Waals surface area contributed by atoms with E-state index in [1.54, 1.807) is 43.0 Å². The molecular weight excluding hydrogens is 408 g/mol. The van der Waals surface area contributed by atoms with E-state index in [0.29, 0.717) is 18.0 Å². The Morgan fingerprint density at radius 3 is 2.59 bits per heavy atom. The lowest BCUT2D eigenvalue weighted by molar-refractivity contribution is -0.121. The molecule has 2 rings (SSSR count). The second-order valence-corrected chi connectivity index (χ2v) is 9.67. The minimum absolute atomic E-state index is 0.338. The number of thioether (sulfide) groups is 1. The van der Waals surface area contributed by atoms with Crippen molar-refractivity contribution in [1.82, 2.24) is 5.32 Å². The molecule has 0 aliphatic heterocycles. The second-order valence-electron chi connectivity index (χ2n) is 6.71. The van der Waals surface area contributed by atoms with Crippen LogP contribution < -0.4 is 14.4 Å². The number of carbonyl (C=O) groups is 1. The summed E-state index contributed by atoms with van der Waals surface area (Å²) in [7, 11) is -2.14. The molecule has 6 nitrogen and oxygen atoms in total. The number of ether oxygens (including phenoxy) is 1. The number of nitrogens with zero attached hydrogens (tertiary/aromatic N) is 1. The van der Waals surface area contributed by atoms with E-state index in [1.165, 1.54) is 18.2 Å². The van der Waals surface area contributed by atoms with E-state index in [-0.39, 0.29) is 5.91 Å². The number of nitrogens with one attached hydrogen (secondary N) is 1. The highest BCUT2D eigenvalue weighted by Crippen LogP contribution is 2.25. The van der Waals surface area contributed by atoms with Crippen molar-refractivity contribution in [2.24, 2.45) is 0 Å². The van der Waals surface area contributed by atoms with Gasteiger partial charge in [0.2, 0.25) is 15.9 Å². The first-order valence-corrected chi connectivity index (χ1v) is 12.3. The van der Waals surface area contributed by atoms with Crippen LogP contribution in [0.4, 0.5) is 5.69 Å². The summed E-state index contributed by atoms with van der Waals surface area (Å²) < 4.78 is 31.0. The lowest BCUT2D eigenvalue weighted by atomic mass is 10.1. The summed E-state index contributed by atoms with van der Waals surface area (Å²) in [6.45, 7) is 4.13. The number of carbonyl (C=O) groups excluding carboxylic acids is 1. The van der Waals surface area contributed by atoms with Gasteiger partial charge in [0.25, 0.3) is 0 Å².